The van der Waals surface area contributed by atoms with Gasteiger partial charge in [-0.25, -0.2) is 0 Å². The molecule has 1 atom stereocenters. The van der Waals surface area contributed by atoms with Crippen LogP contribution >= 0.6 is 0 Å². The number of rotatable bonds is 3. The lowest BCUT2D eigenvalue weighted by molar-refractivity contribution is 0.127. The van der Waals surface area contributed by atoms with E-state index in [1.165, 1.54) is 31.5 Å². The lowest BCUT2D eigenvalue weighted by Crippen LogP contribution is -2.53. The second kappa shape index (κ2) is 3.77. The van der Waals surface area contributed by atoms with Gasteiger partial charge in [0, 0.05) is 24.6 Å². The molecular weight excluding hydrogens is 198 g/mol. The van der Waals surface area contributed by atoms with E-state index in [0.717, 1.165) is 12.4 Å². The molecule has 2 heterocycles. The van der Waals surface area contributed by atoms with Gasteiger partial charge in [0.05, 0.1) is 6.61 Å². The highest BCUT2D eigenvalue weighted by molar-refractivity contribution is 5.39. The fraction of sp³-hybridized carbons (Fsp3) is 0.571. The van der Waals surface area contributed by atoms with Crippen molar-refractivity contribution in [2.75, 3.05) is 19.7 Å². The van der Waals surface area contributed by atoms with Crippen molar-refractivity contribution >= 4 is 0 Å². The zero-order valence-electron chi connectivity index (χ0n) is 9.83. The largest absolute Gasteiger partial charge is 0.493 e. The fourth-order valence-electron chi connectivity index (χ4n) is 2.94. The summed E-state index contributed by atoms with van der Waals surface area (Å²) >= 11 is 0. The molecule has 1 N–H and O–H groups in total. The average molecular weight is 217 g/mol. The third kappa shape index (κ3) is 1.52. The Kier molecular flexibility index (Phi) is 2.40. The number of hydrogen-bond acceptors (Lipinski definition) is 2. The summed E-state index contributed by atoms with van der Waals surface area (Å²) in [5, 5.41) is 3.41. The molecule has 3 rings (SSSR count). The maximum atomic E-state index is 5.75. The SMILES string of the molecule is CCC1(CC2COc3ccccc32)CNC1. The zero-order valence-corrected chi connectivity index (χ0v) is 9.83. The van der Waals surface area contributed by atoms with Gasteiger partial charge >= 0.3 is 0 Å². The van der Waals surface area contributed by atoms with Gasteiger partial charge < -0.3 is 10.1 Å². The van der Waals surface area contributed by atoms with Crippen molar-refractivity contribution in [3.63, 3.8) is 0 Å². The topological polar surface area (TPSA) is 21.3 Å². The Bertz CT molecular complexity index is 379. The first-order valence-electron chi connectivity index (χ1n) is 6.25. The van der Waals surface area contributed by atoms with Gasteiger partial charge in [-0.2, -0.15) is 0 Å². The summed E-state index contributed by atoms with van der Waals surface area (Å²) in [6.07, 6.45) is 2.55. The van der Waals surface area contributed by atoms with Crippen molar-refractivity contribution in [3.8, 4) is 5.75 Å². The Morgan fingerprint density at radius 1 is 1.38 bits per heavy atom. The van der Waals surface area contributed by atoms with Gasteiger partial charge in [-0.15, -0.1) is 0 Å². The maximum Gasteiger partial charge on any atom is 0.122 e. The molecule has 1 saturated heterocycles. The van der Waals surface area contributed by atoms with E-state index < -0.39 is 0 Å². The molecule has 0 aliphatic carbocycles. The molecule has 2 nitrogen and oxygen atoms in total. The highest BCUT2D eigenvalue weighted by atomic mass is 16.5. The van der Waals surface area contributed by atoms with E-state index >= 15 is 0 Å². The second-order valence-corrected chi connectivity index (χ2v) is 5.21. The molecule has 16 heavy (non-hydrogen) atoms. The van der Waals surface area contributed by atoms with Gasteiger partial charge in [-0.3, -0.25) is 0 Å². The zero-order chi connectivity index (χ0) is 11.0. The lowest BCUT2D eigenvalue weighted by atomic mass is 9.71. The number of para-hydroxylation sites is 1. The third-order valence-electron chi connectivity index (χ3n) is 4.23. The van der Waals surface area contributed by atoms with Crippen LogP contribution in [0.4, 0.5) is 0 Å². The van der Waals surface area contributed by atoms with E-state index in [1.54, 1.807) is 0 Å². The highest BCUT2D eigenvalue weighted by Gasteiger charge is 2.39. The second-order valence-electron chi connectivity index (χ2n) is 5.21. The Balaban J connectivity index is 1.78. The predicted molar refractivity (Wildman–Crippen MR) is 64.9 cm³/mol. The van der Waals surface area contributed by atoms with Crippen LogP contribution in [0, 0.1) is 5.41 Å². The van der Waals surface area contributed by atoms with Crippen LogP contribution in [0.25, 0.3) is 0 Å². The minimum atomic E-state index is 0.533. The Labute approximate surface area is 97.0 Å². The minimum Gasteiger partial charge on any atom is -0.493 e. The molecule has 1 fully saturated rings. The molecule has 2 heteroatoms. The number of hydrogen-bond donors (Lipinski definition) is 1. The van der Waals surface area contributed by atoms with E-state index in [-0.39, 0.29) is 0 Å². The molecule has 86 valence electrons. The lowest BCUT2D eigenvalue weighted by Gasteiger charge is -2.43. The number of nitrogens with one attached hydrogen (secondary N) is 1. The molecule has 2 aliphatic rings. The van der Waals surface area contributed by atoms with Crippen LogP contribution < -0.4 is 10.1 Å². The molecular formula is C14H19NO. The van der Waals surface area contributed by atoms with Gasteiger partial charge in [0.1, 0.15) is 5.75 Å². The van der Waals surface area contributed by atoms with Crippen molar-refractivity contribution in [3.05, 3.63) is 29.8 Å². The van der Waals surface area contributed by atoms with Gasteiger partial charge in [0.15, 0.2) is 0 Å². The van der Waals surface area contributed by atoms with E-state index in [9.17, 15) is 0 Å². The van der Waals surface area contributed by atoms with E-state index in [0.29, 0.717) is 11.3 Å². The standard InChI is InChI=1S/C14H19NO/c1-2-14(9-15-10-14)7-11-8-16-13-6-4-3-5-12(11)13/h3-6,11,15H,2,7-10H2,1H3. The van der Waals surface area contributed by atoms with Crippen LogP contribution in [0.1, 0.15) is 31.2 Å². The van der Waals surface area contributed by atoms with Crippen LogP contribution in [0.5, 0.6) is 5.75 Å². The summed E-state index contributed by atoms with van der Waals surface area (Å²) < 4.78 is 5.75. The first-order valence-corrected chi connectivity index (χ1v) is 6.25. The third-order valence-corrected chi connectivity index (χ3v) is 4.23. The first kappa shape index (κ1) is 10.2. The Hall–Kier alpha value is -1.02. The summed E-state index contributed by atoms with van der Waals surface area (Å²) in [4.78, 5) is 0. The Morgan fingerprint density at radius 2 is 2.19 bits per heavy atom. The molecule has 0 amide bonds. The van der Waals surface area contributed by atoms with Gasteiger partial charge in [0.2, 0.25) is 0 Å². The summed E-state index contributed by atoms with van der Waals surface area (Å²) in [5.74, 6) is 1.71. The van der Waals surface area contributed by atoms with Crippen molar-refractivity contribution in [1.29, 1.82) is 0 Å². The molecule has 0 spiro atoms. The highest BCUT2D eigenvalue weighted by Crippen LogP contribution is 2.43. The monoisotopic (exact) mass is 217 g/mol. The number of benzene rings is 1. The summed E-state index contributed by atoms with van der Waals surface area (Å²) in [6, 6.07) is 8.50. The molecule has 1 aromatic rings. The van der Waals surface area contributed by atoms with Crippen LogP contribution in [0.2, 0.25) is 0 Å². The average Bonchev–Trinajstić information content (AvgIpc) is 2.67. The molecule has 0 aromatic heterocycles. The van der Waals surface area contributed by atoms with Crippen LogP contribution in [0.3, 0.4) is 0 Å². The van der Waals surface area contributed by atoms with Gasteiger partial charge in [0.25, 0.3) is 0 Å². The minimum absolute atomic E-state index is 0.533. The van der Waals surface area contributed by atoms with Gasteiger partial charge in [-0.1, -0.05) is 25.1 Å². The molecule has 1 aromatic carbocycles. The summed E-state index contributed by atoms with van der Waals surface area (Å²) in [6.45, 7) is 5.55. The smallest absolute Gasteiger partial charge is 0.122 e. The molecule has 1 unspecified atom stereocenters. The van der Waals surface area contributed by atoms with Crippen molar-refractivity contribution < 1.29 is 4.74 Å². The predicted octanol–water partition coefficient (Wildman–Crippen LogP) is 2.55. The molecule has 0 radical (unpaired) electrons. The number of ether oxygens (including phenoxy) is 1. The maximum absolute atomic E-state index is 5.75. The van der Waals surface area contributed by atoms with Crippen LogP contribution in [-0.4, -0.2) is 19.7 Å². The quantitative estimate of drug-likeness (QED) is 0.840. The summed E-state index contributed by atoms with van der Waals surface area (Å²) in [5.41, 5.74) is 1.95. The van der Waals surface area contributed by atoms with Crippen LogP contribution in [-0.2, 0) is 0 Å². The first-order chi connectivity index (χ1) is 7.83. The molecule has 2 aliphatic heterocycles. The Morgan fingerprint density at radius 3 is 2.88 bits per heavy atom. The van der Waals surface area contributed by atoms with Crippen molar-refractivity contribution in [2.24, 2.45) is 5.41 Å². The van der Waals surface area contributed by atoms with E-state index in [1.807, 2.05) is 0 Å². The van der Waals surface area contributed by atoms with Crippen molar-refractivity contribution in [2.45, 2.75) is 25.7 Å². The van der Waals surface area contributed by atoms with Gasteiger partial charge in [-0.05, 0) is 24.3 Å². The van der Waals surface area contributed by atoms with Crippen LogP contribution in [0.15, 0.2) is 24.3 Å². The number of fused-ring (bicyclic) bond motifs is 1. The van der Waals surface area contributed by atoms with E-state index in [2.05, 4.69) is 36.5 Å². The molecule has 0 bridgehead atoms. The normalized spacial score (nSPS) is 25.7. The fourth-order valence-corrected chi connectivity index (χ4v) is 2.94. The summed E-state index contributed by atoms with van der Waals surface area (Å²) in [7, 11) is 0. The molecule has 0 saturated carbocycles. The van der Waals surface area contributed by atoms with E-state index in [4.69, 9.17) is 4.74 Å². The van der Waals surface area contributed by atoms with Crippen molar-refractivity contribution in [1.82, 2.24) is 5.32 Å².